The number of carbonyl (C=O) groups is 2. The van der Waals surface area contributed by atoms with Gasteiger partial charge >= 0.3 is 12.1 Å². The summed E-state index contributed by atoms with van der Waals surface area (Å²) in [6.45, 7) is 2.87. The molecule has 3 amide bonds. The number of hydrogen-bond donors (Lipinski definition) is 3. The second-order valence-electron chi connectivity index (χ2n) is 4.38. The number of nitrogens with one attached hydrogen (secondary N) is 3. The quantitative estimate of drug-likeness (QED) is 0.651. The third-order valence-corrected chi connectivity index (χ3v) is 2.90. The van der Waals surface area contributed by atoms with Crippen molar-refractivity contribution in [3.63, 3.8) is 0 Å². The van der Waals surface area contributed by atoms with Gasteiger partial charge in [0.15, 0.2) is 0 Å². The Balaban J connectivity index is 2.01. The molecule has 6 nitrogen and oxygen atoms in total. The van der Waals surface area contributed by atoms with Crippen LogP contribution >= 0.6 is 0 Å². The van der Waals surface area contributed by atoms with E-state index >= 15 is 0 Å². The third-order valence-electron chi connectivity index (χ3n) is 2.90. The Labute approximate surface area is 108 Å². The van der Waals surface area contributed by atoms with E-state index in [4.69, 9.17) is 4.74 Å². The van der Waals surface area contributed by atoms with Gasteiger partial charge in [-0.15, -0.1) is 0 Å². The summed E-state index contributed by atoms with van der Waals surface area (Å²) < 4.78 is 4.69. The van der Waals surface area contributed by atoms with E-state index in [2.05, 4.69) is 16.0 Å². The van der Waals surface area contributed by atoms with Crippen molar-refractivity contribution in [3.8, 4) is 0 Å². The van der Waals surface area contributed by atoms with Gasteiger partial charge in [0.2, 0.25) is 0 Å². The highest BCUT2D eigenvalue weighted by molar-refractivity contribution is 5.74. The van der Waals surface area contributed by atoms with E-state index in [1.54, 1.807) is 6.92 Å². The zero-order valence-electron chi connectivity index (χ0n) is 11.0. The summed E-state index contributed by atoms with van der Waals surface area (Å²) in [7, 11) is 0. The van der Waals surface area contributed by atoms with E-state index in [9.17, 15) is 9.59 Å². The minimum absolute atomic E-state index is 0.160. The molecule has 0 atom stereocenters. The molecule has 0 radical (unpaired) electrons. The van der Waals surface area contributed by atoms with Crippen LogP contribution in [0, 0.1) is 0 Å². The Morgan fingerprint density at radius 1 is 1.11 bits per heavy atom. The molecule has 1 rings (SSSR count). The monoisotopic (exact) mass is 257 g/mol. The van der Waals surface area contributed by atoms with E-state index in [0.29, 0.717) is 25.7 Å². The second-order valence-corrected chi connectivity index (χ2v) is 4.38. The molecule has 0 aromatic rings. The maximum atomic E-state index is 11.5. The van der Waals surface area contributed by atoms with Crippen molar-refractivity contribution in [1.29, 1.82) is 0 Å². The number of alkyl carbamates (subject to hydrolysis) is 1. The molecule has 0 aromatic carbocycles. The minimum Gasteiger partial charge on any atom is -0.450 e. The fourth-order valence-corrected chi connectivity index (χ4v) is 2.01. The van der Waals surface area contributed by atoms with Crippen molar-refractivity contribution in [2.24, 2.45) is 0 Å². The topological polar surface area (TPSA) is 79.5 Å². The van der Waals surface area contributed by atoms with E-state index in [1.807, 2.05) is 0 Å². The summed E-state index contributed by atoms with van der Waals surface area (Å²) in [5.74, 6) is 0. The Bertz CT molecular complexity index is 265. The molecular formula is C12H23N3O3. The van der Waals surface area contributed by atoms with Crippen molar-refractivity contribution < 1.29 is 14.3 Å². The first-order valence-corrected chi connectivity index (χ1v) is 6.67. The third kappa shape index (κ3) is 6.32. The smallest absolute Gasteiger partial charge is 0.407 e. The van der Waals surface area contributed by atoms with Crippen molar-refractivity contribution in [2.45, 2.75) is 45.1 Å². The molecule has 1 aliphatic carbocycles. The van der Waals surface area contributed by atoms with Gasteiger partial charge in [-0.05, 0) is 19.8 Å². The second kappa shape index (κ2) is 8.60. The van der Waals surface area contributed by atoms with E-state index in [0.717, 1.165) is 12.8 Å². The van der Waals surface area contributed by atoms with E-state index < -0.39 is 6.09 Å². The Hall–Kier alpha value is -1.46. The van der Waals surface area contributed by atoms with Gasteiger partial charge in [0.05, 0.1) is 6.61 Å². The van der Waals surface area contributed by atoms with Gasteiger partial charge in [0.1, 0.15) is 0 Å². The Morgan fingerprint density at radius 2 is 1.78 bits per heavy atom. The SMILES string of the molecule is CCOC(=O)NCCNC(=O)NC1CCCCC1. The van der Waals surface area contributed by atoms with Crippen LogP contribution in [0.5, 0.6) is 0 Å². The molecule has 0 aliphatic heterocycles. The van der Waals surface area contributed by atoms with Gasteiger partial charge in [0.25, 0.3) is 0 Å². The molecule has 1 fully saturated rings. The van der Waals surface area contributed by atoms with Crippen LogP contribution in [-0.2, 0) is 4.74 Å². The predicted molar refractivity (Wildman–Crippen MR) is 68.4 cm³/mol. The molecule has 1 saturated carbocycles. The van der Waals surface area contributed by atoms with Crippen molar-refractivity contribution in [2.75, 3.05) is 19.7 Å². The van der Waals surface area contributed by atoms with Gasteiger partial charge < -0.3 is 20.7 Å². The summed E-state index contributed by atoms with van der Waals surface area (Å²) in [6, 6.07) is 0.143. The molecule has 0 spiro atoms. The first kappa shape index (κ1) is 14.6. The van der Waals surface area contributed by atoms with Gasteiger partial charge in [-0.3, -0.25) is 0 Å². The molecule has 0 aromatic heterocycles. The Morgan fingerprint density at radius 3 is 2.44 bits per heavy atom. The van der Waals surface area contributed by atoms with Crippen LogP contribution < -0.4 is 16.0 Å². The maximum absolute atomic E-state index is 11.5. The molecule has 0 saturated heterocycles. The fraction of sp³-hybridized carbons (Fsp3) is 0.833. The Kier molecular flexibility index (Phi) is 6.98. The molecule has 0 heterocycles. The van der Waals surface area contributed by atoms with E-state index in [-0.39, 0.29) is 6.03 Å². The van der Waals surface area contributed by atoms with E-state index in [1.165, 1.54) is 19.3 Å². The number of urea groups is 1. The number of carbonyl (C=O) groups excluding carboxylic acids is 2. The van der Waals surface area contributed by atoms with Crippen molar-refractivity contribution in [3.05, 3.63) is 0 Å². The minimum atomic E-state index is -0.452. The summed E-state index contributed by atoms with van der Waals surface area (Å²) in [5, 5.41) is 8.18. The lowest BCUT2D eigenvalue weighted by Gasteiger charge is -2.22. The molecular weight excluding hydrogens is 234 g/mol. The van der Waals surface area contributed by atoms with Crippen molar-refractivity contribution in [1.82, 2.24) is 16.0 Å². The van der Waals surface area contributed by atoms with Gasteiger partial charge in [0, 0.05) is 19.1 Å². The summed E-state index contributed by atoms with van der Waals surface area (Å²) in [5.41, 5.74) is 0. The summed E-state index contributed by atoms with van der Waals surface area (Å²) >= 11 is 0. The van der Waals surface area contributed by atoms with Crippen LogP contribution in [0.2, 0.25) is 0 Å². The standard InChI is InChI=1S/C12H23N3O3/c1-2-18-12(17)14-9-8-13-11(16)15-10-6-4-3-5-7-10/h10H,2-9H2,1H3,(H,14,17)(H2,13,15,16). The van der Waals surface area contributed by atoms with Crippen LogP contribution in [-0.4, -0.2) is 37.9 Å². The fourth-order valence-electron chi connectivity index (χ4n) is 2.01. The first-order valence-electron chi connectivity index (χ1n) is 6.67. The first-order chi connectivity index (χ1) is 8.72. The average molecular weight is 257 g/mol. The molecule has 18 heavy (non-hydrogen) atoms. The highest BCUT2D eigenvalue weighted by Gasteiger charge is 2.14. The number of amides is 3. The van der Waals surface area contributed by atoms with Crippen molar-refractivity contribution >= 4 is 12.1 Å². The summed E-state index contributed by atoms with van der Waals surface area (Å²) in [4.78, 5) is 22.5. The molecule has 3 N–H and O–H groups in total. The summed E-state index contributed by atoms with van der Waals surface area (Å²) in [6.07, 6.45) is 5.32. The lowest BCUT2D eigenvalue weighted by atomic mass is 9.96. The molecule has 1 aliphatic rings. The molecule has 6 heteroatoms. The van der Waals surface area contributed by atoms with Crippen LogP contribution in [0.25, 0.3) is 0 Å². The number of ether oxygens (including phenoxy) is 1. The highest BCUT2D eigenvalue weighted by atomic mass is 16.5. The van der Waals surface area contributed by atoms with Crippen LogP contribution in [0.4, 0.5) is 9.59 Å². The molecule has 104 valence electrons. The molecule has 0 bridgehead atoms. The largest absolute Gasteiger partial charge is 0.450 e. The molecule has 0 unspecified atom stereocenters. The maximum Gasteiger partial charge on any atom is 0.407 e. The average Bonchev–Trinajstić information content (AvgIpc) is 2.36. The zero-order valence-corrected chi connectivity index (χ0v) is 11.0. The van der Waals surface area contributed by atoms with Crippen LogP contribution in [0.1, 0.15) is 39.0 Å². The van der Waals surface area contributed by atoms with Gasteiger partial charge in [-0.2, -0.15) is 0 Å². The van der Waals surface area contributed by atoms with Crippen LogP contribution in [0.3, 0.4) is 0 Å². The normalized spacial score (nSPS) is 15.8. The number of hydrogen-bond acceptors (Lipinski definition) is 3. The lowest BCUT2D eigenvalue weighted by Crippen LogP contribution is -2.45. The number of rotatable bonds is 5. The van der Waals surface area contributed by atoms with Crippen LogP contribution in [0.15, 0.2) is 0 Å². The van der Waals surface area contributed by atoms with Gasteiger partial charge in [-0.25, -0.2) is 9.59 Å². The predicted octanol–water partition coefficient (Wildman–Crippen LogP) is 1.36. The highest BCUT2D eigenvalue weighted by Crippen LogP contribution is 2.16. The van der Waals surface area contributed by atoms with Gasteiger partial charge in [-0.1, -0.05) is 19.3 Å². The zero-order chi connectivity index (χ0) is 13.2. The lowest BCUT2D eigenvalue weighted by molar-refractivity contribution is 0.152.